The average molecular weight is 321 g/mol. The Labute approximate surface area is 139 Å². The zero-order valence-corrected chi connectivity index (χ0v) is 14.7. The zero-order chi connectivity index (χ0) is 16.9. The van der Waals surface area contributed by atoms with E-state index in [1.54, 1.807) is 0 Å². The topological polar surface area (TPSA) is 61.4 Å². The van der Waals surface area contributed by atoms with Crippen LogP contribution in [0.25, 0.3) is 0 Å². The Morgan fingerprint density at radius 3 is 2.39 bits per heavy atom. The Kier molecular flexibility index (Phi) is 6.08. The molecule has 1 unspecified atom stereocenters. The minimum Gasteiger partial charge on any atom is -0.356 e. The van der Waals surface area contributed by atoms with Crippen LogP contribution in [-0.4, -0.2) is 42.0 Å². The van der Waals surface area contributed by atoms with Crippen LogP contribution in [0.4, 0.5) is 4.79 Å². The van der Waals surface area contributed by atoms with Crippen molar-refractivity contribution in [3.05, 3.63) is 12.2 Å². The molecule has 5 heteroatoms. The van der Waals surface area contributed by atoms with Crippen LogP contribution in [0.1, 0.15) is 52.9 Å². The highest BCUT2D eigenvalue weighted by Crippen LogP contribution is 2.20. The van der Waals surface area contributed by atoms with E-state index in [2.05, 4.69) is 22.8 Å². The summed E-state index contributed by atoms with van der Waals surface area (Å²) in [4.78, 5) is 26.2. The number of likely N-dealkylation sites (tertiary alicyclic amines) is 1. The van der Waals surface area contributed by atoms with Crippen LogP contribution in [0.15, 0.2) is 12.2 Å². The Morgan fingerprint density at radius 2 is 1.83 bits per heavy atom. The summed E-state index contributed by atoms with van der Waals surface area (Å²) < 4.78 is 0. The lowest BCUT2D eigenvalue weighted by Gasteiger charge is -2.34. The molecule has 3 amide bonds. The Morgan fingerprint density at radius 1 is 1.13 bits per heavy atom. The number of piperidine rings is 1. The summed E-state index contributed by atoms with van der Waals surface area (Å²) in [5.74, 6) is 0.830. The standard InChI is InChI=1S/C18H31N3O2/c1-18(2,3)20-17(23)21-11-9-14(10-12-21)13-19-16(22)15-7-5-4-6-8-15/h4-5,14-15H,6-13H2,1-3H3,(H,19,22)(H,20,23). The lowest BCUT2D eigenvalue weighted by Crippen LogP contribution is -2.51. The van der Waals surface area contributed by atoms with Gasteiger partial charge in [0.05, 0.1) is 0 Å². The molecule has 23 heavy (non-hydrogen) atoms. The second-order valence-electron chi connectivity index (χ2n) is 7.84. The van der Waals surface area contributed by atoms with Crippen molar-refractivity contribution in [3.8, 4) is 0 Å². The number of allylic oxidation sites excluding steroid dienone is 2. The lowest BCUT2D eigenvalue weighted by atomic mass is 9.92. The van der Waals surface area contributed by atoms with E-state index in [4.69, 9.17) is 0 Å². The number of urea groups is 1. The third kappa shape index (κ3) is 5.88. The van der Waals surface area contributed by atoms with E-state index in [1.807, 2.05) is 25.7 Å². The molecule has 0 aromatic heterocycles. The molecule has 1 aliphatic heterocycles. The number of nitrogens with zero attached hydrogens (tertiary/aromatic N) is 1. The van der Waals surface area contributed by atoms with Gasteiger partial charge in [0.15, 0.2) is 0 Å². The number of hydrogen-bond acceptors (Lipinski definition) is 2. The van der Waals surface area contributed by atoms with E-state index in [-0.39, 0.29) is 23.4 Å². The van der Waals surface area contributed by atoms with Crippen LogP contribution in [0.3, 0.4) is 0 Å². The van der Waals surface area contributed by atoms with E-state index in [1.165, 1.54) is 0 Å². The normalized spacial score (nSPS) is 22.7. The van der Waals surface area contributed by atoms with Crippen LogP contribution < -0.4 is 10.6 Å². The van der Waals surface area contributed by atoms with E-state index in [0.717, 1.165) is 51.7 Å². The molecule has 2 N–H and O–H groups in total. The summed E-state index contributed by atoms with van der Waals surface area (Å²) in [6.07, 6.45) is 9.04. The second kappa shape index (κ2) is 7.84. The summed E-state index contributed by atoms with van der Waals surface area (Å²) >= 11 is 0. The van der Waals surface area contributed by atoms with Crippen LogP contribution >= 0.6 is 0 Å². The zero-order valence-electron chi connectivity index (χ0n) is 14.7. The van der Waals surface area contributed by atoms with Gasteiger partial charge in [-0.1, -0.05) is 12.2 Å². The van der Waals surface area contributed by atoms with Crippen LogP contribution in [0.5, 0.6) is 0 Å². The fraction of sp³-hybridized carbons (Fsp3) is 0.778. The predicted molar refractivity (Wildman–Crippen MR) is 92.1 cm³/mol. The number of carbonyl (C=O) groups excluding carboxylic acids is 2. The van der Waals surface area contributed by atoms with Crippen molar-refractivity contribution in [2.24, 2.45) is 11.8 Å². The molecule has 0 aromatic rings. The first-order chi connectivity index (χ1) is 10.8. The molecular formula is C18H31N3O2. The van der Waals surface area contributed by atoms with E-state index >= 15 is 0 Å². The molecular weight excluding hydrogens is 290 g/mol. The van der Waals surface area contributed by atoms with E-state index < -0.39 is 0 Å². The average Bonchev–Trinajstić information content (AvgIpc) is 2.52. The summed E-state index contributed by atoms with van der Waals surface area (Å²) in [5.41, 5.74) is -0.198. The molecule has 2 aliphatic rings. The predicted octanol–water partition coefficient (Wildman–Crippen LogP) is 2.68. The monoisotopic (exact) mass is 321 g/mol. The maximum Gasteiger partial charge on any atom is 0.317 e. The molecule has 0 spiro atoms. The molecule has 1 aliphatic carbocycles. The molecule has 1 fully saturated rings. The summed E-state index contributed by atoms with van der Waals surface area (Å²) in [6.45, 7) is 8.27. The van der Waals surface area contributed by atoms with Gasteiger partial charge in [-0.3, -0.25) is 4.79 Å². The maximum atomic E-state index is 12.2. The third-order valence-electron chi connectivity index (χ3n) is 4.59. The number of carbonyl (C=O) groups is 2. The van der Waals surface area contributed by atoms with Crippen LogP contribution in [0.2, 0.25) is 0 Å². The number of nitrogens with one attached hydrogen (secondary N) is 2. The van der Waals surface area contributed by atoms with Crippen molar-refractivity contribution < 1.29 is 9.59 Å². The summed E-state index contributed by atoms with van der Waals surface area (Å²) in [6, 6.07) is 0.0222. The third-order valence-corrected chi connectivity index (χ3v) is 4.59. The van der Waals surface area contributed by atoms with Gasteiger partial charge in [-0.05, 0) is 58.8 Å². The molecule has 2 rings (SSSR count). The van der Waals surface area contributed by atoms with Crippen molar-refractivity contribution in [2.75, 3.05) is 19.6 Å². The molecule has 5 nitrogen and oxygen atoms in total. The Bertz CT molecular complexity index is 446. The molecule has 1 saturated heterocycles. The fourth-order valence-corrected chi connectivity index (χ4v) is 3.16. The SMILES string of the molecule is CC(C)(C)NC(=O)N1CCC(CNC(=O)C2CC=CCC2)CC1. The number of rotatable bonds is 3. The van der Waals surface area contributed by atoms with Crippen molar-refractivity contribution in [3.63, 3.8) is 0 Å². The molecule has 0 radical (unpaired) electrons. The van der Waals surface area contributed by atoms with Gasteiger partial charge in [-0.2, -0.15) is 0 Å². The smallest absolute Gasteiger partial charge is 0.317 e. The number of amides is 3. The van der Waals surface area contributed by atoms with Gasteiger partial charge in [0.1, 0.15) is 0 Å². The highest BCUT2D eigenvalue weighted by atomic mass is 16.2. The van der Waals surface area contributed by atoms with Crippen molar-refractivity contribution in [1.82, 2.24) is 15.5 Å². The van der Waals surface area contributed by atoms with Gasteiger partial charge >= 0.3 is 6.03 Å². The van der Waals surface area contributed by atoms with Gasteiger partial charge in [-0.15, -0.1) is 0 Å². The summed E-state index contributed by atoms with van der Waals surface area (Å²) in [5, 5.41) is 6.12. The minimum atomic E-state index is -0.198. The first kappa shape index (κ1) is 17.8. The van der Waals surface area contributed by atoms with Gasteiger partial charge in [0, 0.05) is 31.1 Å². The van der Waals surface area contributed by atoms with Gasteiger partial charge in [0.2, 0.25) is 5.91 Å². The minimum absolute atomic E-state index is 0.0222. The van der Waals surface area contributed by atoms with Gasteiger partial charge in [0.25, 0.3) is 0 Å². The highest BCUT2D eigenvalue weighted by molar-refractivity contribution is 5.79. The maximum absolute atomic E-state index is 12.2. The quantitative estimate of drug-likeness (QED) is 0.785. The van der Waals surface area contributed by atoms with E-state index in [0.29, 0.717) is 5.92 Å². The Balaban J connectivity index is 1.67. The lowest BCUT2D eigenvalue weighted by molar-refractivity contribution is -0.125. The van der Waals surface area contributed by atoms with E-state index in [9.17, 15) is 9.59 Å². The molecule has 1 atom stereocenters. The molecule has 0 aromatic carbocycles. The van der Waals surface area contributed by atoms with Crippen molar-refractivity contribution >= 4 is 11.9 Å². The largest absolute Gasteiger partial charge is 0.356 e. The van der Waals surface area contributed by atoms with Crippen LogP contribution in [0, 0.1) is 11.8 Å². The Hall–Kier alpha value is -1.52. The van der Waals surface area contributed by atoms with Crippen molar-refractivity contribution in [2.45, 2.75) is 58.4 Å². The van der Waals surface area contributed by atoms with Crippen molar-refractivity contribution in [1.29, 1.82) is 0 Å². The van der Waals surface area contributed by atoms with Crippen LogP contribution in [-0.2, 0) is 4.79 Å². The molecule has 1 heterocycles. The molecule has 0 bridgehead atoms. The first-order valence-electron chi connectivity index (χ1n) is 8.85. The number of hydrogen-bond donors (Lipinski definition) is 2. The summed E-state index contributed by atoms with van der Waals surface area (Å²) in [7, 11) is 0. The molecule has 130 valence electrons. The first-order valence-corrected chi connectivity index (χ1v) is 8.85. The van der Waals surface area contributed by atoms with Gasteiger partial charge < -0.3 is 15.5 Å². The van der Waals surface area contributed by atoms with Gasteiger partial charge in [-0.25, -0.2) is 4.79 Å². The molecule has 0 saturated carbocycles. The fourth-order valence-electron chi connectivity index (χ4n) is 3.16. The highest BCUT2D eigenvalue weighted by Gasteiger charge is 2.26. The second-order valence-corrected chi connectivity index (χ2v) is 7.84.